The Morgan fingerprint density at radius 1 is 0.968 bits per heavy atom. The highest BCUT2D eigenvalue weighted by Gasteiger charge is 2.34. The molecule has 13 heteroatoms. The summed E-state index contributed by atoms with van der Waals surface area (Å²) in [6, 6.07) is 3.91. The van der Waals surface area contributed by atoms with E-state index in [0.717, 1.165) is 18.2 Å². The van der Waals surface area contributed by atoms with Crippen molar-refractivity contribution in [1.29, 1.82) is 0 Å². The zero-order valence-electron chi connectivity index (χ0n) is 15.3. The quantitative estimate of drug-likeness (QED) is 0.360. The summed E-state index contributed by atoms with van der Waals surface area (Å²) >= 11 is 24.2. The third kappa shape index (κ3) is 4.79. The molecule has 1 heterocycles. The summed E-state index contributed by atoms with van der Waals surface area (Å²) in [6.07, 6.45) is -4.59. The first-order valence-electron chi connectivity index (χ1n) is 8.64. The number of benzene rings is 2. The lowest BCUT2D eigenvalue weighted by molar-refractivity contribution is -0.384. The number of carbonyl (C=O) groups is 1. The largest absolute Gasteiger partial charge is 0.416 e. The SMILES string of the molecule is O=C(c1c(Cl)ccc([N+](=O)[O-])c1Cl)N1CCN(c2c(Cl)cc(C(F)(F)F)cc2Cl)CC1. The molecule has 0 unspecified atom stereocenters. The Balaban J connectivity index is 1.80. The van der Waals surface area contributed by atoms with Gasteiger partial charge >= 0.3 is 6.18 Å². The number of hydrogen-bond donors (Lipinski definition) is 0. The van der Waals surface area contributed by atoms with E-state index in [1.807, 2.05) is 0 Å². The Bertz CT molecular complexity index is 1030. The first-order chi connectivity index (χ1) is 14.4. The minimum atomic E-state index is -4.59. The highest BCUT2D eigenvalue weighted by atomic mass is 35.5. The summed E-state index contributed by atoms with van der Waals surface area (Å²) in [5.41, 5.74) is -1.36. The molecule has 1 aliphatic heterocycles. The van der Waals surface area contributed by atoms with Gasteiger partial charge in [0.25, 0.3) is 11.6 Å². The Morgan fingerprint density at radius 3 is 2.00 bits per heavy atom. The molecule has 0 atom stereocenters. The molecule has 1 fully saturated rings. The fourth-order valence-electron chi connectivity index (χ4n) is 3.20. The molecule has 0 saturated carbocycles. The van der Waals surface area contributed by atoms with Crippen molar-refractivity contribution in [3.05, 3.63) is 65.6 Å². The highest BCUT2D eigenvalue weighted by molar-refractivity contribution is 6.41. The van der Waals surface area contributed by atoms with Gasteiger partial charge in [-0.15, -0.1) is 0 Å². The molecule has 0 aromatic heterocycles. The molecule has 166 valence electrons. The second kappa shape index (κ2) is 8.90. The van der Waals surface area contributed by atoms with Gasteiger partial charge in [0.2, 0.25) is 0 Å². The number of nitro groups is 1. The molecule has 1 aliphatic rings. The molecule has 1 amide bonds. The number of amides is 1. The fourth-order valence-corrected chi connectivity index (χ4v) is 4.53. The molecule has 0 aliphatic carbocycles. The van der Waals surface area contributed by atoms with Gasteiger partial charge in [0.1, 0.15) is 5.02 Å². The van der Waals surface area contributed by atoms with Crippen LogP contribution in [-0.4, -0.2) is 41.9 Å². The van der Waals surface area contributed by atoms with Crippen LogP contribution in [0.5, 0.6) is 0 Å². The second-order valence-electron chi connectivity index (χ2n) is 6.58. The lowest BCUT2D eigenvalue weighted by Gasteiger charge is -2.37. The Morgan fingerprint density at radius 2 is 1.52 bits per heavy atom. The number of halogens is 7. The van der Waals surface area contributed by atoms with E-state index in [9.17, 15) is 28.1 Å². The molecule has 6 nitrogen and oxygen atoms in total. The number of carbonyl (C=O) groups excluding carboxylic acids is 1. The number of alkyl halides is 3. The van der Waals surface area contributed by atoms with Crippen LogP contribution in [0.4, 0.5) is 24.5 Å². The van der Waals surface area contributed by atoms with Crippen molar-refractivity contribution in [2.24, 2.45) is 0 Å². The van der Waals surface area contributed by atoms with Gasteiger partial charge in [0.05, 0.1) is 36.8 Å². The van der Waals surface area contributed by atoms with Crippen LogP contribution in [0.25, 0.3) is 0 Å². The number of nitro benzene ring substituents is 1. The van der Waals surface area contributed by atoms with Crippen LogP contribution in [0.3, 0.4) is 0 Å². The number of anilines is 1. The molecular weight excluding hydrogens is 505 g/mol. The first kappa shape index (κ1) is 23.7. The van der Waals surface area contributed by atoms with Gasteiger partial charge in [0, 0.05) is 32.2 Å². The Kier molecular flexibility index (Phi) is 6.81. The molecule has 1 saturated heterocycles. The zero-order chi connectivity index (χ0) is 23.1. The van der Waals surface area contributed by atoms with Crippen molar-refractivity contribution in [3.8, 4) is 0 Å². The van der Waals surface area contributed by atoms with Crippen LogP contribution in [0.15, 0.2) is 24.3 Å². The number of hydrogen-bond acceptors (Lipinski definition) is 4. The standard InChI is InChI=1S/C18H12Cl4F3N3O3/c19-10-1-2-13(28(30)31)15(22)14(10)17(29)27-5-3-26(4-6-27)16-11(20)7-9(8-12(16)21)18(23,24)25/h1-2,7-8H,3-6H2. The molecule has 0 N–H and O–H groups in total. The van der Waals surface area contributed by atoms with Crippen LogP contribution in [0.2, 0.25) is 20.1 Å². The van der Waals surface area contributed by atoms with E-state index in [0.29, 0.717) is 0 Å². The second-order valence-corrected chi connectivity index (χ2v) is 8.18. The van der Waals surface area contributed by atoms with E-state index >= 15 is 0 Å². The lowest BCUT2D eigenvalue weighted by atomic mass is 10.1. The maximum absolute atomic E-state index is 12.9. The highest BCUT2D eigenvalue weighted by Crippen LogP contribution is 2.41. The third-order valence-electron chi connectivity index (χ3n) is 4.71. The van der Waals surface area contributed by atoms with Gasteiger partial charge in [-0.1, -0.05) is 46.4 Å². The van der Waals surface area contributed by atoms with E-state index in [1.54, 1.807) is 4.90 Å². The summed E-state index contributed by atoms with van der Waals surface area (Å²) in [5.74, 6) is -0.594. The minimum Gasteiger partial charge on any atom is -0.366 e. The predicted molar refractivity (Wildman–Crippen MR) is 113 cm³/mol. The summed E-state index contributed by atoms with van der Waals surface area (Å²) in [4.78, 5) is 26.3. The van der Waals surface area contributed by atoms with Gasteiger partial charge in [-0.3, -0.25) is 14.9 Å². The summed E-state index contributed by atoms with van der Waals surface area (Å²) in [7, 11) is 0. The van der Waals surface area contributed by atoms with Crippen LogP contribution in [-0.2, 0) is 6.18 Å². The van der Waals surface area contributed by atoms with Crippen LogP contribution in [0.1, 0.15) is 15.9 Å². The van der Waals surface area contributed by atoms with E-state index in [4.69, 9.17) is 46.4 Å². The molecule has 0 radical (unpaired) electrons. The molecular formula is C18H12Cl4F3N3O3. The van der Waals surface area contributed by atoms with Gasteiger partial charge < -0.3 is 9.80 Å². The fraction of sp³-hybridized carbons (Fsp3) is 0.278. The van der Waals surface area contributed by atoms with Crippen LogP contribution >= 0.6 is 46.4 Å². The molecule has 2 aromatic rings. The number of rotatable bonds is 3. The van der Waals surface area contributed by atoms with Crippen LogP contribution < -0.4 is 4.90 Å². The summed E-state index contributed by atoms with van der Waals surface area (Å²) < 4.78 is 38.8. The maximum Gasteiger partial charge on any atom is 0.416 e. The van der Waals surface area contributed by atoms with Crippen molar-refractivity contribution < 1.29 is 22.9 Å². The Hall–Kier alpha value is -1.94. The number of nitrogens with zero attached hydrogens (tertiary/aromatic N) is 3. The first-order valence-corrected chi connectivity index (χ1v) is 10.2. The van der Waals surface area contributed by atoms with E-state index in [2.05, 4.69) is 0 Å². The maximum atomic E-state index is 12.9. The van der Waals surface area contributed by atoms with Crippen molar-refractivity contribution in [3.63, 3.8) is 0 Å². The lowest BCUT2D eigenvalue weighted by Crippen LogP contribution is -2.49. The number of piperazine rings is 1. The average Bonchev–Trinajstić information content (AvgIpc) is 2.67. The molecule has 31 heavy (non-hydrogen) atoms. The van der Waals surface area contributed by atoms with E-state index in [-0.39, 0.29) is 57.5 Å². The monoisotopic (exact) mass is 515 g/mol. The predicted octanol–water partition coefficient (Wildman–Crippen LogP) is 6.19. The van der Waals surface area contributed by atoms with Gasteiger partial charge in [0.15, 0.2) is 0 Å². The van der Waals surface area contributed by atoms with Crippen LogP contribution in [0, 0.1) is 10.1 Å². The van der Waals surface area contributed by atoms with Crippen molar-refractivity contribution in [2.75, 3.05) is 31.1 Å². The average molecular weight is 517 g/mol. The molecule has 2 aromatic carbocycles. The third-order valence-corrected chi connectivity index (χ3v) is 5.98. The molecule has 0 spiro atoms. The normalized spacial score (nSPS) is 14.7. The Labute approximate surface area is 194 Å². The van der Waals surface area contributed by atoms with E-state index in [1.165, 1.54) is 11.0 Å². The van der Waals surface area contributed by atoms with Crippen molar-refractivity contribution >= 4 is 63.7 Å². The van der Waals surface area contributed by atoms with Crippen molar-refractivity contribution in [1.82, 2.24) is 4.90 Å². The smallest absolute Gasteiger partial charge is 0.366 e. The zero-order valence-corrected chi connectivity index (χ0v) is 18.4. The summed E-state index contributed by atoms with van der Waals surface area (Å²) in [5, 5.41) is 10.4. The van der Waals surface area contributed by atoms with Crippen molar-refractivity contribution in [2.45, 2.75) is 6.18 Å². The molecule has 0 bridgehead atoms. The molecule has 3 rings (SSSR count). The van der Waals surface area contributed by atoms with Gasteiger partial charge in [-0.2, -0.15) is 13.2 Å². The van der Waals surface area contributed by atoms with E-state index < -0.39 is 28.3 Å². The summed E-state index contributed by atoms with van der Waals surface area (Å²) in [6.45, 7) is 0.700. The van der Waals surface area contributed by atoms with Gasteiger partial charge in [-0.25, -0.2) is 0 Å². The van der Waals surface area contributed by atoms with Gasteiger partial charge in [-0.05, 0) is 18.2 Å². The minimum absolute atomic E-state index is 0.0307. The topological polar surface area (TPSA) is 66.7 Å².